The minimum Gasteiger partial charge on any atom is -0.478 e. The highest BCUT2D eigenvalue weighted by Gasteiger charge is 2.16. The summed E-state index contributed by atoms with van der Waals surface area (Å²) in [4.78, 5) is 34.6. The number of benzene rings is 3. The molecule has 0 saturated carbocycles. The number of halogens is 1. The number of fused-ring (bicyclic) bond motifs is 6. The monoisotopic (exact) mass is 433 g/mol. The number of nitrogens with zero attached hydrogens (tertiary/aromatic N) is 1. The quantitative estimate of drug-likeness (QED) is 0.274. The molecule has 3 N–H and O–H groups in total. The topological polar surface area (TPSA) is 98.8 Å². The average Bonchev–Trinajstić information content (AvgIpc) is 3.17. The molecule has 0 aliphatic rings. The molecule has 0 amide bonds. The molecule has 0 unspecified atom stereocenters. The van der Waals surface area contributed by atoms with Gasteiger partial charge >= 0.3 is 5.97 Å². The zero-order chi connectivity index (χ0) is 21.7. The van der Waals surface area contributed by atoms with Crippen LogP contribution >= 0.6 is 11.8 Å². The molecule has 3 aromatic carbocycles. The van der Waals surface area contributed by atoms with Crippen LogP contribution in [0.4, 0.5) is 4.39 Å². The van der Waals surface area contributed by atoms with Crippen LogP contribution in [0.3, 0.4) is 0 Å². The normalized spacial score (nSPS) is 11.5. The molecule has 0 radical (unpaired) electrons. The number of H-pyrrole nitrogens is 2. The first-order chi connectivity index (χ1) is 14.9. The van der Waals surface area contributed by atoms with Crippen LogP contribution in [0.25, 0.3) is 32.6 Å². The predicted molar refractivity (Wildman–Crippen MR) is 119 cm³/mol. The molecule has 8 heteroatoms. The number of thioether (sulfide) groups is 1. The van der Waals surface area contributed by atoms with Crippen LogP contribution in [0.5, 0.6) is 0 Å². The Bertz CT molecular complexity index is 1570. The maximum atomic E-state index is 14.0. The molecule has 31 heavy (non-hydrogen) atoms. The molecule has 6 nitrogen and oxygen atoms in total. The van der Waals surface area contributed by atoms with Crippen LogP contribution in [-0.4, -0.2) is 26.0 Å². The molecule has 2 aromatic heterocycles. The Morgan fingerprint density at radius 1 is 1.16 bits per heavy atom. The van der Waals surface area contributed by atoms with Crippen molar-refractivity contribution in [1.29, 1.82) is 0 Å². The number of carboxylic acids is 1. The summed E-state index contributed by atoms with van der Waals surface area (Å²) >= 11 is 1.44. The van der Waals surface area contributed by atoms with Crippen molar-refractivity contribution in [2.45, 2.75) is 17.8 Å². The summed E-state index contributed by atoms with van der Waals surface area (Å²) in [7, 11) is 0. The van der Waals surface area contributed by atoms with E-state index in [9.17, 15) is 19.1 Å². The van der Waals surface area contributed by atoms with Crippen molar-refractivity contribution in [3.05, 3.63) is 81.5 Å². The van der Waals surface area contributed by atoms with Crippen molar-refractivity contribution in [2.24, 2.45) is 0 Å². The minimum atomic E-state index is -0.955. The standard InChI is InChI=1S/C23H16FN3O3S/c1-11-12(3-2-4-14(11)22(29)30)10-31-23-26-19-15-6-5-13(24)9-17(15)18-16(20(19)27-23)7-8-25-21(18)28/h2-9H,10H2,1H3,(H,25,28)(H,26,27)(H,29,30). The molecule has 5 aromatic rings. The number of imidazole rings is 1. The Labute approximate surface area is 179 Å². The summed E-state index contributed by atoms with van der Waals surface area (Å²) in [5, 5.41) is 12.2. The van der Waals surface area contributed by atoms with Gasteiger partial charge in [-0.3, -0.25) is 4.79 Å². The first-order valence-electron chi connectivity index (χ1n) is 9.51. The lowest BCUT2D eigenvalue weighted by molar-refractivity contribution is 0.0696. The molecule has 0 saturated heterocycles. The van der Waals surface area contributed by atoms with E-state index in [0.717, 1.165) is 16.6 Å². The van der Waals surface area contributed by atoms with Crippen molar-refractivity contribution < 1.29 is 14.3 Å². The number of aromatic nitrogens is 3. The third kappa shape index (κ3) is 3.16. The summed E-state index contributed by atoms with van der Waals surface area (Å²) in [5.41, 5.74) is 2.97. The van der Waals surface area contributed by atoms with Crippen LogP contribution < -0.4 is 5.56 Å². The average molecular weight is 433 g/mol. The molecule has 2 heterocycles. The van der Waals surface area contributed by atoms with E-state index in [0.29, 0.717) is 38.0 Å². The molecule has 0 aliphatic carbocycles. The summed E-state index contributed by atoms with van der Waals surface area (Å²) in [5.74, 6) is -0.847. The van der Waals surface area contributed by atoms with E-state index in [1.807, 2.05) is 6.07 Å². The molecule has 0 bridgehead atoms. The summed E-state index contributed by atoms with van der Waals surface area (Å²) in [6, 6.07) is 11.3. The third-order valence-electron chi connectivity index (χ3n) is 5.46. The van der Waals surface area contributed by atoms with Gasteiger partial charge in [-0.15, -0.1) is 0 Å². The predicted octanol–water partition coefficient (Wildman–Crippen LogP) is 5.00. The maximum Gasteiger partial charge on any atom is 0.335 e. The van der Waals surface area contributed by atoms with Crippen molar-refractivity contribution in [2.75, 3.05) is 0 Å². The largest absolute Gasteiger partial charge is 0.478 e. The van der Waals surface area contributed by atoms with Gasteiger partial charge in [-0.1, -0.05) is 23.9 Å². The van der Waals surface area contributed by atoms with Gasteiger partial charge < -0.3 is 15.1 Å². The van der Waals surface area contributed by atoms with E-state index >= 15 is 0 Å². The number of rotatable bonds is 4. The van der Waals surface area contributed by atoms with E-state index in [1.54, 1.807) is 37.4 Å². The van der Waals surface area contributed by atoms with Gasteiger partial charge in [-0.05, 0) is 48.4 Å². The van der Waals surface area contributed by atoms with Gasteiger partial charge in [0, 0.05) is 28.1 Å². The molecule has 0 aliphatic heterocycles. The lowest BCUT2D eigenvalue weighted by Crippen LogP contribution is -2.05. The fourth-order valence-electron chi connectivity index (χ4n) is 3.91. The molecule has 0 spiro atoms. The van der Waals surface area contributed by atoms with Crippen LogP contribution in [-0.2, 0) is 5.75 Å². The second kappa shape index (κ2) is 7.24. The third-order valence-corrected chi connectivity index (χ3v) is 6.38. The zero-order valence-electron chi connectivity index (χ0n) is 16.3. The SMILES string of the molecule is Cc1c(CSc2nc3c4cc[nH]c(=O)c4c4cc(F)ccc4c3[nH]2)cccc1C(=O)O. The second-order valence-corrected chi connectivity index (χ2v) is 8.20. The highest BCUT2D eigenvalue weighted by molar-refractivity contribution is 7.98. The highest BCUT2D eigenvalue weighted by atomic mass is 32.2. The summed E-state index contributed by atoms with van der Waals surface area (Å²) in [6.45, 7) is 1.79. The number of hydrogen-bond donors (Lipinski definition) is 3. The highest BCUT2D eigenvalue weighted by Crippen LogP contribution is 2.34. The van der Waals surface area contributed by atoms with E-state index in [2.05, 4.69) is 9.97 Å². The summed E-state index contributed by atoms with van der Waals surface area (Å²) in [6.07, 6.45) is 1.55. The van der Waals surface area contributed by atoms with Gasteiger partial charge in [0.15, 0.2) is 5.16 Å². The molecule has 154 valence electrons. The van der Waals surface area contributed by atoms with Crippen LogP contribution in [0, 0.1) is 12.7 Å². The minimum absolute atomic E-state index is 0.279. The van der Waals surface area contributed by atoms with Crippen LogP contribution in [0.2, 0.25) is 0 Å². The van der Waals surface area contributed by atoms with Gasteiger partial charge in [0.05, 0.1) is 22.0 Å². The Balaban J connectivity index is 1.64. The van der Waals surface area contributed by atoms with Gasteiger partial charge in [0.1, 0.15) is 5.82 Å². The van der Waals surface area contributed by atoms with Gasteiger partial charge in [-0.2, -0.15) is 0 Å². The van der Waals surface area contributed by atoms with Gasteiger partial charge in [0.2, 0.25) is 0 Å². The van der Waals surface area contributed by atoms with Crippen molar-refractivity contribution in [1.82, 2.24) is 15.0 Å². The Morgan fingerprint density at radius 2 is 2.00 bits per heavy atom. The Kier molecular flexibility index (Phi) is 4.51. The first kappa shape index (κ1) is 19.3. The van der Waals surface area contributed by atoms with Crippen molar-refractivity contribution in [3.8, 4) is 0 Å². The number of nitrogens with one attached hydrogen (secondary N) is 2. The molecular formula is C23H16FN3O3S. The van der Waals surface area contributed by atoms with Crippen LogP contribution in [0.15, 0.2) is 58.6 Å². The molecule has 0 atom stereocenters. The number of aromatic carboxylic acids is 1. The number of carboxylic acid groups (broad SMARTS) is 1. The van der Waals surface area contributed by atoms with Crippen molar-refractivity contribution in [3.63, 3.8) is 0 Å². The number of pyridine rings is 1. The number of hydrogen-bond acceptors (Lipinski definition) is 4. The fourth-order valence-corrected chi connectivity index (χ4v) is 4.85. The Hall–Kier alpha value is -3.65. The molecular weight excluding hydrogens is 417 g/mol. The lowest BCUT2D eigenvalue weighted by Gasteiger charge is -2.07. The van der Waals surface area contributed by atoms with Gasteiger partial charge in [-0.25, -0.2) is 14.2 Å². The van der Waals surface area contributed by atoms with Crippen LogP contribution in [0.1, 0.15) is 21.5 Å². The maximum absolute atomic E-state index is 14.0. The van der Waals surface area contributed by atoms with Crippen molar-refractivity contribution >= 4 is 50.3 Å². The van der Waals surface area contributed by atoms with E-state index in [4.69, 9.17) is 4.98 Å². The number of carbonyl (C=O) groups is 1. The second-order valence-electron chi connectivity index (χ2n) is 7.23. The smallest absolute Gasteiger partial charge is 0.335 e. The fraction of sp³-hybridized carbons (Fsp3) is 0.0870. The molecule has 0 fully saturated rings. The Morgan fingerprint density at radius 3 is 2.81 bits per heavy atom. The summed E-state index contributed by atoms with van der Waals surface area (Å²) < 4.78 is 14.0. The molecule has 5 rings (SSSR count). The van der Waals surface area contributed by atoms with E-state index in [1.165, 1.54) is 23.9 Å². The zero-order valence-corrected chi connectivity index (χ0v) is 17.1. The lowest BCUT2D eigenvalue weighted by atomic mass is 10.0. The first-order valence-corrected chi connectivity index (χ1v) is 10.5. The number of aromatic amines is 2. The van der Waals surface area contributed by atoms with E-state index < -0.39 is 11.8 Å². The van der Waals surface area contributed by atoms with Gasteiger partial charge in [0.25, 0.3) is 5.56 Å². The van der Waals surface area contributed by atoms with E-state index in [-0.39, 0.29) is 11.1 Å².